The minimum Gasteiger partial charge on any atom is -0.508 e. The Morgan fingerprint density at radius 1 is 1.00 bits per heavy atom. The van der Waals surface area contributed by atoms with Gasteiger partial charge in [-0.25, -0.2) is 23.1 Å². The van der Waals surface area contributed by atoms with E-state index in [1.165, 1.54) is 21.4 Å². The highest BCUT2D eigenvalue weighted by Crippen LogP contribution is 2.32. The number of aliphatic hydroxyl groups is 1. The summed E-state index contributed by atoms with van der Waals surface area (Å²) < 4.78 is 30.9. The molecule has 51 heavy (non-hydrogen) atoms. The molecule has 1 saturated heterocycles. The van der Waals surface area contributed by atoms with Crippen LogP contribution in [0.5, 0.6) is 5.75 Å². The Bertz CT molecular complexity index is 2200. The molecule has 1 unspecified atom stereocenters. The number of rotatable bonds is 8. The fourth-order valence-corrected chi connectivity index (χ4v) is 7.82. The lowest BCUT2D eigenvalue weighted by Crippen LogP contribution is -2.45. The van der Waals surface area contributed by atoms with Crippen molar-refractivity contribution in [1.82, 2.24) is 34.6 Å². The Balaban J connectivity index is 1.07. The molecule has 2 atom stereocenters. The second-order valence-corrected chi connectivity index (χ2v) is 13.8. The molecule has 11 nitrogen and oxygen atoms in total. The monoisotopic (exact) mass is 695 g/mol. The van der Waals surface area contributed by atoms with E-state index in [4.69, 9.17) is 0 Å². The van der Waals surface area contributed by atoms with Crippen LogP contribution in [0.15, 0.2) is 100 Å². The summed E-state index contributed by atoms with van der Waals surface area (Å²) in [6.07, 6.45) is 10.3. The Labute approximate surface area is 292 Å². The van der Waals surface area contributed by atoms with E-state index in [2.05, 4.69) is 20.5 Å². The molecule has 3 aliphatic heterocycles. The number of nitrogens with zero attached hydrogens (tertiary/aromatic N) is 5. The number of allylic oxidation sites excluding steroid dienone is 2. The number of aliphatic hydroxyl groups excluding tert-OH is 1. The predicted octanol–water partition coefficient (Wildman–Crippen LogP) is 4.15. The summed E-state index contributed by atoms with van der Waals surface area (Å²) in [5.74, 6) is -0.837. The zero-order valence-electron chi connectivity index (χ0n) is 27.9. The topological polar surface area (TPSA) is 128 Å². The highest BCUT2D eigenvalue weighted by molar-refractivity contribution is 5.77. The number of fused-ring (bicyclic) bond motifs is 2. The molecule has 0 spiro atoms. The standard InChI is InChI=1S/C38H39F2N7O4/c39-25-4-11-35-43-28(21-45(35)20-25)18-41-27-5-7-29(8-6-27)47-37(50)34-16-26(40)17-42-36(34)46(38(47)51)30-3-1-2-23(14-30)33-10-9-31(48)15-24(33)19-44-13-12-32(49)22-44/h1-4,9-11,14-17,20-21,27,29,32,35,41,43,48-49H,5-8,12-13,18-19,22H2/t27-,29+,32-,35?/m1/s1. The van der Waals surface area contributed by atoms with E-state index in [-0.39, 0.29) is 47.0 Å². The molecule has 4 N–H and O–H groups in total. The first kappa shape index (κ1) is 33.1. The summed E-state index contributed by atoms with van der Waals surface area (Å²) in [6, 6.07) is 13.4. The van der Waals surface area contributed by atoms with Gasteiger partial charge in [0.25, 0.3) is 5.56 Å². The molecule has 13 heteroatoms. The van der Waals surface area contributed by atoms with Crippen molar-refractivity contribution < 1.29 is 19.0 Å². The minimum absolute atomic E-state index is 0.0217. The molecule has 1 aliphatic carbocycles. The number of pyridine rings is 1. The van der Waals surface area contributed by atoms with Crippen molar-refractivity contribution in [2.75, 3.05) is 19.6 Å². The van der Waals surface area contributed by atoms with Crippen molar-refractivity contribution in [2.24, 2.45) is 0 Å². The molecule has 0 amide bonds. The molecule has 4 aromatic rings. The molecular formula is C38H39F2N7O4. The average molecular weight is 696 g/mol. The van der Waals surface area contributed by atoms with Gasteiger partial charge in [-0.2, -0.15) is 0 Å². The highest BCUT2D eigenvalue weighted by Gasteiger charge is 2.29. The van der Waals surface area contributed by atoms with Gasteiger partial charge in [0.15, 0.2) is 5.65 Å². The van der Waals surface area contributed by atoms with Gasteiger partial charge in [-0.1, -0.05) is 18.2 Å². The zero-order chi connectivity index (χ0) is 35.2. The molecule has 8 rings (SSSR count). The van der Waals surface area contributed by atoms with Crippen LogP contribution >= 0.6 is 0 Å². The first-order valence-corrected chi connectivity index (χ1v) is 17.4. The number of nitrogens with one attached hydrogen (secondary N) is 2. The summed E-state index contributed by atoms with van der Waals surface area (Å²) in [5, 5.41) is 27.3. The van der Waals surface area contributed by atoms with E-state index in [9.17, 15) is 28.6 Å². The molecule has 4 aliphatic rings. The Kier molecular flexibility index (Phi) is 8.78. The lowest BCUT2D eigenvalue weighted by molar-refractivity contribution is 0.175. The van der Waals surface area contributed by atoms with E-state index < -0.39 is 17.1 Å². The molecule has 2 aromatic carbocycles. The fourth-order valence-electron chi connectivity index (χ4n) is 7.82. The second kappa shape index (κ2) is 13.5. The summed E-state index contributed by atoms with van der Waals surface area (Å²) in [5.41, 5.74) is 2.89. The van der Waals surface area contributed by atoms with Gasteiger partial charge in [0, 0.05) is 56.4 Å². The van der Waals surface area contributed by atoms with Crippen LogP contribution in [0, 0.1) is 5.82 Å². The van der Waals surface area contributed by atoms with Gasteiger partial charge in [0.1, 0.15) is 23.6 Å². The number of halogens is 2. The number of phenolic OH excluding ortho intramolecular Hbond substituents is 1. The van der Waals surface area contributed by atoms with Gasteiger partial charge in [0.05, 0.1) is 23.4 Å². The largest absolute Gasteiger partial charge is 0.508 e. The molecule has 1 saturated carbocycles. The first-order chi connectivity index (χ1) is 24.7. The van der Waals surface area contributed by atoms with E-state index >= 15 is 0 Å². The SMILES string of the molecule is O=c1c2cc(F)cnc2n(-c2cccc(-c3ccc(O)cc3CN3CC[C@@H](O)C3)c2)c(=O)n1[C@H]1CC[C@@H](NCC2=CN3C=C(F)C=CC3N2)CC1. The summed E-state index contributed by atoms with van der Waals surface area (Å²) in [4.78, 5) is 36.4. The van der Waals surface area contributed by atoms with E-state index in [1.54, 1.807) is 29.2 Å². The highest BCUT2D eigenvalue weighted by atomic mass is 19.1. The Hall–Kier alpha value is -5.11. The fraction of sp³-hybridized carbons (Fsp3) is 0.342. The third kappa shape index (κ3) is 6.60. The number of hydrogen-bond acceptors (Lipinski definition) is 9. The third-order valence-corrected chi connectivity index (χ3v) is 10.3. The number of hydrogen-bond donors (Lipinski definition) is 4. The molecule has 2 fully saturated rings. The van der Waals surface area contributed by atoms with Crippen LogP contribution in [0.3, 0.4) is 0 Å². The van der Waals surface area contributed by atoms with Crippen LogP contribution in [0.2, 0.25) is 0 Å². The summed E-state index contributed by atoms with van der Waals surface area (Å²) >= 11 is 0. The molecule has 0 bridgehead atoms. The van der Waals surface area contributed by atoms with E-state index in [0.717, 1.165) is 54.0 Å². The number of β-amino-alcohol motifs (C(OH)–C–C–N with tert-alkyl or cyclic N) is 1. The van der Waals surface area contributed by atoms with Gasteiger partial charge in [-0.05, 0) is 91.3 Å². The third-order valence-electron chi connectivity index (χ3n) is 10.3. The lowest BCUT2D eigenvalue weighted by atomic mass is 9.91. The molecular weight excluding hydrogens is 656 g/mol. The Morgan fingerprint density at radius 3 is 2.65 bits per heavy atom. The summed E-state index contributed by atoms with van der Waals surface area (Å²) in [6.45, 7) is 2.38. The van der Waals surface area contributed by atoms with Crippen LogP contribution in [-0.4, -0.2) is 72.1 Å². The van der Waals surface area contributed by atoms with Crippen molar-refractivity contribution in [3.8, 4) is 22.6 Å². The summed E-state index contributed by atoms with van der Waals surface area (Å²) in [7, 11) is 0. The minimum atomic E-state index is -0.668. The number of likely N-dealkylation sites (tertiary alicyclic amines) is 1. The Morgan fingerprint density at radius 2 is 1.84 bits per heavy atom. The van der Waals surface area contributed by atoms with E-state index in [1.807, 2.05) is 30.5 Å². The van der Waals surface area contributed by atoms with Gasteiger partial charge in [0.2, 0.25) is 0 Å². The van der Waals surface area contributed by atoms with Crippen LogP contribution in [-0.2, 0) is 6.54 Å². The van der Waals surface area contributed by atoms with Crippen LogP contribution in [0.4, 0.5) is 8.78 Å². The number of phenols is 1. The quantitative estimate of drug-likeness (QED) is 0.215. The van der Waals surface area contributed by atoms with Crippen molar-refractivity contribution in [3.63, 3.8) is 0 Å². The number of aromatic hydroxyl groups is 1. The lowest BCUT2D eigenvalue weighted by Gasteiger charge is -2.30. The molecule has 0 radical (unpaired) electrons. The maximum Gasteiger partial charge on any atom is 0.337 e. The average Bonchev–Trinajstić information content (AvgIpc) is 3.73. The van der Waals surface area contributed by atoms with Crippen LogP contribution in [0.25, 0.3) is 27.8 Å². The van der Waals surface area contributed by atoms with Crippen molar-refractivity contribution >= 4 is 11.0 Å². The normalized spacial score (nSPS) is 23.3. The van der Waals surface area contributed by atoms with Crippen LogP contribution in [0.1, 0.15) is 43.7 Å². The number of benzene rings is 2. The molecule has 2 aromatic heterocycles. The first-order valence-electron chi connectivity index (χ1n) is 17.4. The van der Waals surface area contributed by atoms with Gasteiger partial charge >= 0.3 is 5.69 Å². The van der Waals surface area contributed by atoms with E-state index in [0.29, 0.717) is 44.6 Å². The van der Waals surface area contributed by atoms with Crippen LogP contribution < -0.4 is 21.9 Å². The predicted molar refractivity (Wildman–Crippen MR) is 189 cm³/mol. The maximum absolute atomic E-state index is 14.6. The van der Waals surface area contributed by atoms with Crippen molar-refractivity contribution in [2.45, 2.75) is 63.0 Å². The second-order valence-electron chi connectivity index (χ2n) is 13.8. The van der Waals surface area contributed by atoms with Crippen molar-refractivity contribution in [3.05, 3.63) is 123 Å². The number of aromatic nitrogens is 3. The smallest absolute Gasteiger partial charge is 0.337 e. The zero-order valence-corrected chi connectivity index (χ0v) is 27.9. The van der Waals surface area contributed by atoms with Gasteiger partial charge < -0.3 is 25.7 Å². The molecule has 264 valence electrons. The van der Waals surface area contributed by atoms with Gasteiger partial charge in [-0.3, -0.25) is 14.3 Å². The molecule has 5 heterocycles. The van der Waals surface area contributed by atoms with Gasteiger partial charge in [-0.15, -0.1) is 0 Å². The van der Waals surface area contributed by atoms with Crippen molar-refractivity contribution in [1.29, 1.82) is 0 Å². The maximum atomic E-state index is 14.6.